The first-order valence-electron chi connectivity index (χ1n) is 18.1. The second kappa shape index (κ2) is 19.5. The predicted molar refractivity (Wildman–Crippen MR) is 201 cm³/mol. The summed E-state index contributed by atoms with van der Waals surface area (Å²) in [5, 5.41) is 9.51. The van der Waals surface area contributed by atoms with Gasteiger partial charge in [-0.2, -0.15) is 9.97 Å². The molecule has 1 saturated carbocycles. The number of fused-ring (bicyclic) bond motifs is 1. The number of nitrogens with one attached hydrogen (secondary N) is 3. The van der Waals surface area contributed by atoms with Crippen LogP contribution in [0.4, 0.5) is 11.8 Å². The van der Waals surface area contributed by atoms with Gasteiger partial charge in [-0.1, -0.05) is 87.4 Å². The van der Waals surface area contributed by atoms with Crippen LogP contribution in [0.25, 0.3) is 11.2 Å². The van der Waals surface area contributed by atoms with Gasteiger partial charge in [0.05, 0.1) is 26.1 Å². The van der Waals surface area contributed by atoms with Crippen molar-refractivity contribution >= 4 is 42.3 Å². The fourth-order valence-electron chi connectivity index (χ4n) is 5.52. The Morgan fingerprint density at radius 2 is 1.42 bits per heavy atom. The topological polar surface area (TPSA) is 185 Å². The van der Waals surface area contributed by atoms with Gasteiger partial charge in [-0.25, -0.2) is 15.2 Å². The first-order chi connectivity index (χ1) is 25.3. The Kier molecular flexibility index (Phi) is 14.5. The van der Waals surface area contributed by atoms with Crippen LogP contribution in [0.2, 0.25) is 0 Å². The Labute approximate surface area is 305 Å². The minimum absolute atomic E-state index is 0.114. The molecule has 0 aliphatic heterocycles. The highest BCUT2D eigenvalue weighted by Gasteiger charge is 2.36. The fraction of sp³-hybridized carbons (Fsp3) is 0.486. The fourth-order valence-corrected chi connectivity index (χ4v) is 7.53. The van der Waals surface area contributed by atoms with Gasteiger partial charge in [0.25, 0.3) is 0 Å². The van der Waals surface area contributed by atoms with E-state index in [0.717, 1.165) is 36.8 Å². The number of unbranched alkanes of at least 4 members (excludes halogenated alkanes) is 2. The van der Waals surface area contributed by atoms with Crippen LogP contribution >= 0.6 is 7.44 Å². The third kappa shape index (κ3) is 11.8. The van der Waals surface area contributed by atoms with Crippen LogP contribution in [-0.4, -0.2) is 75.8 Å². The largest absolute Gasteiger partial charge is 0.465 e. The van der Waals surface area contributed by atoms with Crippen molar-refractivity contribution < 1.29 is 28.4 Å². The van der Waals surface area contributed by atoms with Gasteiger partial charge >= 0.3 is 11.9 Å². The van der Waals surface area contributed by atoms with Crippen molar-refractivity contribution in [2.24, 2.45) is 0 Å². The summed E-state index contributed by atoms with van der Waals surface area (Å²) < 4.78 is 34.1. The monoisotopic (exact) mass is 734 g/mol. The van der Waals surface area contributed by atoms with Crippen molar-refractivity contribution in [3.05, 3.63) is 78.1 Å². The molecule has 0 amide bonds. The number of hydrogen-bond acceptors (Lipinski definition) is 11. The Morgan fingerprint density at radius 1 is 0.865 bits per heavy atom. The van der Waals surface area contributed by atoms with Crippen molar-refractivity contribution in [3.8, 4) is 0 Å². The van der Waals surface area contributed by atoms with E-state index in [1.807, 2.05) is 74.5 Å². The van der Waals surface area contributed by atoms with Gasteiger partial charge in [-0.15, -0.1) is 0 Å². The summed E-state index contributed by atoms with van der Waals surface area (Å²) in [4.78, 5) is 40.3. The minimum Gasteiger partial charge on any atom is -0.465 e. The minimum atomic E-state index is -3.88. The Hall–Kier alpha value is -4.36. The summed E-state index contributed by atoms with van der Waals surface area (Å²) in [6.07, 6.45) is 6.94. The third-order valence-electron chi connectivity index (χ3n) is 8.50. The Morgan fingerprint density at radius 3 is 1.94 bits per heavy atom. The number of nitrogen functional groups attached to an aromatic ring is 1. The molecule has 5 N–H and O–H groups in total. The van der Waals surface area contributed by atoms with Crippen LogP contribution in [0, 0.1) is 0 Å². The molecule has 15 heteroatoms. The van der Waals surface area contributed by atoms with Crippen molar-refractivity contribution in [2.45, 2.75) is 89.9 Å². The molecule has 2 heterocycles. The number of imidazole rings is 1. The van der Waals surface area contributed by atoms with Gasteiger partial charge in [0.1, 0.15) is 18.4 Å². The molecule has 2 aromatic heterocycles. The number of carbonyl (C=O) groups excluding carboxylic acids is 2. The van der Waals surface area contributed by atoms with Crippen molar-refractivity contribution in [3.63, 3.8) is 0 Å². The van der Waals surface area contributed by atoms with Gasteiger partial charge in [-0.05, 0) is 49.7 Å². The lowest BCUT2D eigenvalue weighted by Crippen LogP contribution is -2.46. The molecule has 1 fully saturated rings. The maximum absolute atomic E-state index is 15.0. The smallest absolute Gasteiger partial charge is 0.323 e. The van der Waals surface area contributed by atoms with Gasteiger partial charge in [0.15, 0.2) is 17.0 Å². The number of rotatable bonds is 23. The number of esters is 2. The number of nitrogens with two attached hydrogens (primary N) is 1. The van der Waals surface area contributed by atoms with Crippen molar-refractivity contribution in [2.75, 3.05) is 37.2 Å². The van der Waals surface area contributed by atoms with Gasteiger partial charge in [0, 0.05) is 12.6 Å². The van der Waals surface area contributed by atoms with Crippen molar-refractivity contribution in [1.29, 1.82) is 0 Å². The molecule has 2 aromatic carbocycles. The zero-order chi connectivity index (χ0) is 36.8. The van der Waals surface area contributed by atoms with Crippen LogP contribution in [0.5, 0.6) is 0 Å². The molecule has 5 rings (SSSR count). The van der Waals surface area contributed by atoms with E-state index in [1.54, 1.807) is 10.9 Å². The molecule has 0 saturated heterocycles. The number of aromatic nitrogens is 4. The molecule has 2 atom stereocenters. The highest BCUT2D eigenvalue weighted by Crippen LogP contribution is 2.39. The lowest BCUT2D eigenvalue weighted by molar-refractivity contribution is -0.146. The predicted octanol–water partition coefficient (Wildman–Crippen LogP) is 5.24. The normalized spacial score (nSPS) is 14.2. The first kappa shape index (κ1) is 38.9. The Balaban J connectivity index is 1.37. The molecular weight excluding hydrogens is 683 g/mol. The molecule has 52 heavy (non-hydrogen) atoms. The molecule has 1 aliphatic carbocycles. The first-order valence-corrected chi connectivity index (χ1v) is 20.0. The highest BCUT2D eigenvalue weighted by molar-refractivity contribution is 7.59. The quantitative estimate of drug-likeness (QED) is 0.0441. The van der Waals surface area contributed by atoms with Crippen molar-refractivity contribution in [1.82, 2.24) is 29.7 Å². The summed E-state index contributed by atoms with van der Waals surface area (Å²) in [7, 11) is -3.88. The Bertz CT molecular complexity index is 1700. The van der Waals surface area contributed by atoms with Crippen LogP contribution in [0.3, 0.4) is 0 Å². The number of ether oxygens (including phenoxy) is 3. The van der Waals surface area contributed by atoms with Gasteiger partial charge < -0.3 is 29.8 Å². The maximum atomic E-state index is 15.0. The third-order valence-corrected chi connectivity index (χ3v) is 10.5. The number of hydrogen-bond donors (Lipinski definition) is 4. The van der Waals surface area contributed by atoms with Gasteiger partial charge in [0.2, 0.25) is 13.4 Å². The SMILES string of the molecule is CCCCOC(=O)[C@H](Cc1ccccc1)NP(=O)(COCCn1cnc2c(NC3CC3)nc(N)nc21)N[C@@H](Cc1ccccc1)C(=O)OCCCC. The number of benzene rings is 2. The van der Waals surface area contributed by atoms with E-state index < -0.39 is 31.5 Å². The lowest BCUT2D eigenvalue weighted by Gasteiger charge is -2.29. The zero-order valence-electron chi connectivity index (χ0n) is 30.0. The molecule has 280 valence electrons. The van der Waals surface area contributed by atoms with E-state index in [9.17, 15) is 9.59 Å². The van der Waals surface area contributed by atoms with E-state index in [1.165, 1.54) is 0 Å². The number of anilines is 2. The second-order valence-electron chi connectivity index (χ2n) is 13.0. The second-order valence-corrected chi connectivity index (χ2v) is 15.3. The summed E-state index contributed by atoms with van der Waals surface area (Å²) in [6.45, 7) is 4.92. The van der Waals surface area contributed by atoms with E-state index in [4.69, 9.17) is 19.9 Å². The summed E-state index contributed by atoms with van der Waals surface area (Å²) in [6, 6.07) is 17.2. The standard InChI is InChI=1S/C37H51N8O6P/c1-3-5-20-50-35(46)30(23-27-13-9-7-10-14-27)43-52(48,44-31(36(47)51-21-6-4-2)24-28-15-11-8-12-16-28)26-49-22-19-45-25-39-32-33(40-29-17-18-29)41-37(38)42-34(32)45/h7-16,25,29-31H,3-6,17-24,26H2,1-2H3,(H2,43,44,48)(H3,38,40,41,42)/t30-,31-/m0/s1. The molecule has 0 radical (unpaired) electrons. The van der Waals surface area contributed by atoms with Crippen LogP contribution in [0.15, 0.2) is 67.0 Å². The average Bonchev–Trinajstić information content (AvgIpc) is 3.87. The van der Waals surface area contributed by atoms with Crippen LogP contribution in [-0.2, 0) is 47.8 Å². The molecule has 14 nitrogen and oxygen atoms in total. The molecule has 0 unspecified atom stereocenters. The zero-order valence-corrected chi connectivity index (χ0v) is 30.9. The molecule has 4 aromatic rings. The van der Waals surface area contributed by atoms with E-state index >= 15 is 4.57 Å². The highest BCUT2D eigenvalue weighted by atomic mass is 31.2. The van der Waals surface area contributed by atoms with E-state index in [0.29, 0.717) is 42.4 Å². The summed E-state index contributed by atoms with van der Waals surface area (Å²) in [5.41, 5.74) is 8.88. The number of nitrogens with zero attached hydrogens (tertiary/aromatic N) is 4. The number of carbonyl (C=O) groups is 2. The summed E-state index contributed by atoms with van der Waals surface area (Å²) in [5.74, 6) is -0.362. The molecule has 1 aliphatic rings. The van der Waals surface area contributed by atoms with E-state index in [-0.39, 0.29) is 45.0 Å². The average molecular weight is 735 g/mol. The molecule has 0 spiro atoms. The molecule has 0 bridgehead atoms. The van der Waals surface area contributed by atoms with Gasteiger partial charge in [-0.3, -0.25) is 14.2 Å². The maximum Gasteiger partial charge on any atom is 0.323 e. The van der Waals surface area contributed by atoms with Crippen LogP contribution in [0.1, 0.15) is 63.5 Å². The van der Waals surface area contributed by atoms with E-state index in [2.05, 4.69) is 30.4 Å². The summed E-state index contributed by atoms with van der Waals surface area (Å²) >= 11 is 0. The molecular formula is C37H51N8O6P. The van der Waals surface area contributed by atoms with Crippen LogP contribution < -0.4 is 21.2 Å². The lowest BCUT2D eigenvalue weighted by atomic mass is 10.1.